The maximum absolute atomic E-state index is 5.37. The minimum atomic E-state index is 0.985. The highest BCUT2D eigenvalue weighted by Gasteiger charge is 2.24. The Kier molecular flexibility index (Phi) is 27.1. The molecule has 0 saturated heterocycles. The van der Waals surface area contributed by atoms with Crippen molar-refractivity contribution in [3.63, 3.8) is 0 Å². The number of aromatic nitrogens is 2. The molecule has 0 unspecified atom stereocenters. The zero-order valence-corrected chi connectivity index (χ0v) is 63.7. The van der Waals surface area contributed by atoms with Crippen LogP contribution >= 0.6 is 113 Å². The quantitative estimate of drug-likeness (QED) is 0.0358. The zero-order chi connectivity index (χ0) is 63.4. The fraction of sp³-hybridized carbons (Fsp3) is 0.450. The smallest absolute Gasteiger partial charge is 0.0985 e. The van der Waals surface area contributed by atoms with E-state index in [4.69, 9.17) is 9.97 Å². The highest BCUT2D eigenvalue weighted by Crippen LogP contribution is 2.52. The topological polar surface area (TPSA) is 25.8 Å². The fourth-order valence-corrected chi connectivity index (χ4v) is 24.3. The van der Waals surface area contributed by atoms with Crippen LogP contribution in [0.3, 0.4) is 0 Å². The maximum Gasteiger partial charge on any atom is 0.0985 e. The Morgan fingerprint density at radius 2 is 0.576 bits per heavy atom. The molecule has 2 nitrogen and oxygen atoms in total. The summed E-state index contributed by atoms with van der Waals surface area (Å²) in [5.74, 6) is 0. The average Bonchev–Trinajstić information content (AvgIpc) is 1.67. The summed E-state index contributed by atoms with van der Waals surface area (Å²) in [5.41, 5.74) is 9.22. The predicted molar refractivity (Wildman–Crippen MR) is 422 cm³/mol. The van der Waals surface area contributed by atoms with E-state index in [0.29, 0.717) is 0 Å². The van der Waals surface area contributed by atoms with Crippen molar-refractivity contribution in [1.82, 2.24) is 9.97 Å². The Balaban J connectivity index is 0.861. The molecule has 0 aliphatic heterocycles. The first kappa shape index (κ1) is 69.4. The van der Waals surface area contributed by atoms with Gasteiger partial charge in [-0.2, -0.15) is 0 Å². The van der Waals surface area contributed by atoms with Gasteiger partial charge in [-0.25, -0.2) is 0 Å². The van der Waals surface area contributed by atoms with Gasteiger partial charge in [0.05, 0.1) is 28.7 Å². The molecule has 0 fully saturated rings. The van der Waals surface area contributed by atoms with Gasteiger partial charge in [0.1, 0.15) is 0 Å². The number of nitrogens with zero attached hydrogens (tertiary/aromatic N) is 2. The van der Waals surface area contributed by atoms with Crippen molar-refractivity contribution < 1.29 is 0 Å². The number of thiophene rings is 10. The highest BCUT2D eigenvalue weighted by atomic mass is 32.1. The van der Waals surface area contributed by atoms with E-state index in [2.05, 4.69) is 150 Å². The van der Waals surface area contributed by atoms with E-state index in [1.165, 1.54) is 287 Å². The SMILES string of the molecule is CCCCCCc1ccc(-c2ccc(-c3ccc(-c4sc(-c5sc(-c6cnc(-c7csc(-c8cc(CCCCCC)c(-c9ccc(-c%10ccc(-c%11ccc(CCCCCC)s%11)s%10)s9)s8)c7CCCCCC)cn6)cc5CCCCCC)cc4CCCCCC)s3)s2)s1. The lowest BCUT2D eigenvalue weighted by atomic mass is 10.00. The summed E-state index contributed by atoms with van der Waals surface area (Å²) in [6, 6.07) is 36.2. The van der Waals surface area contributed by atoms with Gasteiger partial charge in [-0.1, -0.05) is 157 Å². The van der Waals surface area contributed by atoms with E-state index in [0.717, 1.165) is 37.1 Å². The Morgan fingerprint density at radius 1 is 0.261 bits per heavy atom. The molecule has 12 heteroatoms. The van der Waals surface area contributed by atoms with Crippen molar-refractivity contribution in [2.24, 2.45) is 0 Å². The second-order valence-corrected chi connectivity index (χ2v) is 35.9. The molecule has 0 aliphatic carbocycles. The van der Waals surface area contributed by atoms with Gasteiger partial charge in [0.15, 0.2) is 0 Å². The molecule has 0 aliphatic rings. The molecule has 0 bridgehead atoms. The minimum Gasteiger partial charge on any atom is -0.252 e. The third kappa shape index (κ3) is 18.2. The van der Waals surface area contributed by atoms with Crippen LogP contribution in [0.4, 0.5) is 0 Å². The molecule has 11 heterocycles. The maximum atomic E-state index is 5.37. The van der Waals surface area contributed by atoms with Crippen LogP contribution in [0.1, 0.15) is 228 Å². The number of unbranched alkanes of at least 4 members (excludes halogenated alkanes) is 18. The normalized spacial score (nSPS) is 11.8. The van der Waals surface area contributed by atoms with Crippen molar-refractivity contribution in [3.8, 4) is 99.9 Å². The molecule has 11 aromatic rings. The van der Waals surface area contributed by atoms with Crippen LogP contribution in [-0.2, 0) is 38.5 Å². The Labute approximate surface area is 592 Å². The molecule has 486 valence electrons. The van der Waals surface area contributed by atoms with E-state index >= 15 is 0 Å². The van der Waals surface area contributed by atoms with E-state index < -0.39 is 0 Å². The highest BCUT2D eigenvalue weighted by molar-refractivity contribution is 7.31. The molecule has 0 radical (unpaired) electrons. The lowest BCUT2D eigenvalue weighted by Crippen LogP contribution is -1.93. The van der Waals surface area contributed by atoms with Gasteiger partial charge in [-0.05, 0) is 190 Å². The lowest BCUT2D eigenvalue weighted by molar-refractivity contribution is 0.667. The summed E-state index contributed by atoms with van der Waals surface area (Å²) in [7, 11) is 0. The van der Waals surface area contributed by atoms with Crippen LogP contribution < -0.4 is 0 Å². The number of hydrogen-bond donors (Lipinski definition) is 0. The lowest BCUT2D eigenvalue weighted by Gasteiger charge is -2.08. The van der Waals surface area contributed by atoms with Gasteiger partial charge in [-0.3, -0.25) is 9.97 Å². The summed E-state index contributed by atoms with van der Waals surface area (Å²) in [4.78, 5) is 37.6. The zero-order valence-electron chi connectivity index (χ0n) is 55.6. The predicted octanol–water partition coefficient (Wildman–Crippen LogP) is 30.5. The molecule has 0 N–H and O–H groups in total. The number of rotatable bonds is 40. The first-order chi connectivity index (χ1) is 45.3. The molecule has 92 heavy (non-hydrogen) atoms. The van der Waals surface area contributed by atoms with Crippen molar-refractivity contribution in [2.75, 3.05) is 0 Å². The molecule has 0 spiro atoms. The summed E-state index contributed by atoms with van der Waals surface area (Å²) >= 11 is 19.8. The molecule has 11 aromatic heterocycles. The van der Waals surface area contributed by atoms with Gasteiger partial charge in [0.25, 0.3) is 0 Å². The first-order valence-electron chi connectivity index (χ1n) is 35.3. The summed E-state index contributed by atoms with van der Waals surface area (Å²) in [6.07, 6.45) is 41.6. The number of aryl methyl sites for hydroxylation is 5. The fourth-order valence-electron chi connectivity index (χ4n) is 12.6. The van der Waals surface area contributed by atoms with Crippen LogP contribution in [0.15, 0.2) is 109 Å². The van der Waals surface area contributed by atoms with Crippen molar-refractivity contribution >= 4 is 113 Å². The van der Waals surface area contributed by atoms with Crippen LogP contribution in [0.2, 0.25) is 0 Å². The molecule has 0 atom stereocenters. The average molecular weight is 1410 g/mol. The van der Waals surface area contributed by atoms with Crippen molar-refractivity contribution in [2.45, 2.75) is 234 Å². The Bertz CT molecular complexity index is 3960. The molecular weight excluding hydrogens is 1310 g/mol. The Hall–Kier alpha value is -3.92. The third-order valence-electron chi connectivity index (χ3n) is 17.8. The third-order valence-corrected chi connectivity index (χ3v) is 30.6. The molecule has 11 rings (SSSR count). The molecule has 0 amide bonds. The van der Waals surface area contributed by atoms with E-state index in [-0.39, 0.29) is 0 Å². The van der Waals surface area contributed by atoms with E-state index in [9.17, 15) is 0 Å². The Morgan fingerprint density at radius 3 is 0.989 bits per heavy atom. The van der Waals surface area contributed by atoms with Gasteiger partial charge in [0, 0.05) is 98.7 Å². The van der Waals surface area contributed by atoms with Crippen molar-refractivity contribution in [1.29, 1.82) is 0 Å². The summed E-state index contributed by atoms with van der Waals surface area (Å²) < 4.78 is 0. The van der Waals surface area contributed by atoms with Gasteiger partial charge in [0.2, 0.25) is 0 Å². The van der Waals surface area contributed by atoms with E-state index in [1.807, 2.05) is 113 Å². The van der Waals surface area contributed by atoms with Gasteiger partial charge >= 0.3 is 0 Å². The van der Waals surface area contributed by atoms with Crippen LogP contribution in [0.25, 0.3) is 99.9 Å². The number of hydrogen-bond acceptors (Lipinski definition) is 12. The van der Waals surface area contributed by atoms with Gasteiger partial charge in [-0.15, -0.1) is 113 Å². The van der Waals surface area contributed by atoms with Gasteiger partial charge < -0.3 is 0 Å². The second-order valence-electron chi connectivity index (χ2n) is 25.2. The first-order valence-corrected chi connectivity index (χ1v) is 43.5. The standard InChI is InChI=1S/C80H96N2S10/c1-7-13-19-25-31-55-49-74(90-79(55)75-50-56(32-26-20-14-8-2)77(91-75)72-47-45-70(88-72)68-43-41-66(86-68)64-39-37-58(84-64)34-28-22-16-10-4)63-53-81-62(52-82-63)61-54-83-80(60(61)36-30-24-18-12-6)76-51-57(33-27-21-15-9-3)78(92-76)73-48-46-71(89-73)69-44-42-67(87-69)65-40-38-59(85-65)35-29-23-17-11-5/h37-54H,7-36H2,1-6H3. The van der Waals surface area contributed by atoms with Crippen molar-refractivity contribution in [3.05, 3.63) is 141 Å². The second kappa shape index (κ2) is 35.9. The molecule has 0 aromatic carbocycles. The summed E-state index contributed by atoms with van der Waals surface area (Å²) in [6.45, 7) is 13.9. The van der Waals surface area contributed by atoms with Crippen LogP contribution in [0, 0.1) is 0 Å². The van der Waals surface area contributed by atoms with Crippen LogP contribution in [-0.4, -0.2) is 9.97 Å². The molecular formula is C80H96N2S10. The minimum absolute atomic E-state index is 0.985. The van der Waals surface area contributed by atoms with Crippen LogP contribution in [0.5, 0.6) is 0 Å². The van der Waals surface area contributed by atoms with E-state index in [1.54, 1.807) is 0 Å². The molecule has 0 saturated carbocycles. The largest absolute Gasteiger partial charge is 0.252 e. The summed E-state index contributed by atoms with van der Waals surface area (Å²) in [5, 5.41) is 2.41. The monoisotopic (exact) mass is 1400 g/mol.